The van der Waals surface area contributed by atoms with Crippen molar-refractivity contribution in [2.24, 2.45) is 5.92 Å². The molecule has 2 N–H and O–H groups in total. The summed E-state index contributed by atoms with van der Waals surface area (Å²) in [5, 5.41) is 5.72. The van der Waals surface area contributed by atoms with Gasteiger partial charge in [-0.1, -0.05) is 20.3 Å². The molecule has 0 spiro atoms. The highest BCUT2D eigenvalue weighted by Gasteiger charge is 2.29. The molecule has 2 amide bonds. The van der Waals surface area contributed by atoms with E-state index >= 15 is 0 Å². The van der Waals surface area contributed by atoms with E-state index in [1.807, 2.05) is 13.8 Å². The molecule has 0 saturated carbocycles. The van der Waals surface area contributed by atoms with Gasteiger partial charge in [-0.3, -0.25) is 9.59 Å². The molecule has 0 radical (unpaired) electrons. The monoisotopic (exact) mass is 424 g/mol. The zero-order valence-electron chi connectivity index (χ0n) is 17.3. The standard InChI is InChI=1S/C20H28N2O6S/c1-5-11(2)17(20(26)27-4)22-15(24)10-28-19(25)16-13-8-6-7-9-14(13)29-18(16)21-12(3)23/h11,17H,5-10H2,1-4H3,(H,21,23)(H,22,24)/t11-,17-/m0/s1. The van der Waals surface area contributed by atoms with Crippen molar-refractivity contribution < 1.29 is 28.7 Å². The molecule has 1 aliphatic carbocycles. The summed E-state index contributed by atoms with van der Waals surface area (Å²) in [4.78, 5) is 49.4. The number of hydrogen-bond acceptors (Lipinski definition) is 7. The highest BCUT2D eigenvalue weighted by atomic mass is 32.1. The molecule has 29 heavy (non-hydrogen) atoms. The molecular formula is C20H28N2O6S. The first-order chi connectivity index (χ1) is 13.8. The van der Waals surface area contributed by atoms with E-state index in [0.29, 0.717) is 17.0 Å². The summed E-state index contributed by atoms with van der Waals surface area (Å²) < 4.78 is 9.95. The van der Waals surface area contributed by atoms with Crippen molar-refractivity contribution in [3.63, 3.8) is 0 Å². The topological polar surface area (TPSA) is 111 Å². The van der Waals surface area contributed by atoms with E-state index in [4.69, 9.17) is 9.47 Å². The second kappa shape index (κ2) is 10.4. The van der Waals surface area contributed by atoms with Gasteiger partial charge >= 0.3 is 11.9 Å². The maximum absolute atomic E-state index is 12.7. The van der Waals surface area contributed by atoms with Gasteiger partial charge in [0, 0.05) is 11.8 Å². The number of rotatable bonds is 8. The van der Waals surface area contributed by atoms with E-state index in [9.17, 15) is 19.2 Å². The lowest BCUT2D eigenvalue weighted by Gasteiger charge is -2.21. The average molecular weight is 425 g/mol. The van der Waals surface area contributed by atoms with Gasteiger partial charge in [-0.25, -0.2) is 9.59 Å². The number of anilines is 1. The van der Waals surface area contributed by atoms with Crippen LogP contribution in [0.2, 0.25) is 0 Å². The molecule has 1 heterocycles. The highest BCUT2D eigenvalue weighted by molar-refractivity contribution is 7.17. The smallest absolute Gasteiger partial charge is 0.341 e. The molecule has 160 valence electrons. The number of aryl methyl sites for hydroxylation is 1. The minimum Gasteiger partial charge on any atom is -0.467 e. The van der Waals surface area contributed by atoms with Crippen LogP contribution in [0.3, 0.4) is 0 Å². The summed E-state index contributed by atoms with van der Waals surface area (Å²) in [7, 11) is 1.26. The second-order valence-corrected chi connectivity index (χ2v) is 8.23. The Hall–Kier alpha value is -2.42. The first-order valence-corrected chi connectivity index (χ1v) is 10.6. The Balaban J connectivity index is 2.08. The van der Waals surface area contributed by atoms with Gasteiger partial charge in [0.25, 0.3) is 5.91 Å². The van der Waals surface area contributed by atoms with Crippen LogP contribution in [0.4, 0.5) is 5.00 Å². The van der Waals surface area contributed by atoms with Crippen molar-refractivity contribution in [3.8, 4) is 0 Å². The molecular weight excluding hydrogens is 396 g/mol. The fourth-order valence-corrected chi connectivity index (χ4v) is 4.57. The van der Waals surface area contributed by atoms with Gasteiger partial charge in [0.05, 0.1) is 12.7 Å². The summed E-state index contributed by atoms with van der Waals surface area (Å²) in [5.41, 5.74) is 1.22. The summed E-state index contributed by atoms with van der Waals surface area (Å²) >= 11 is 1.38. The van der Waals surface area contributed by atoms with E-state index in [0.717, 1.165) is 36.1 Å². The number of nitrogens with one attached hydrogen (secondary N) is 2. The van der Waals surface area contributed by atoms with Crippen LogP contribution >= 0.6 is 11.3 Å². The van der Waals surface area contributed by atoms with Crippen molar-refractivity contribution in [2.75, 3.05) is 19.0 Å². The number of methoxy groups -OCH3 is 1. The predicted octanol–water partition coefficient (Wildman–Crippen LogP) is 2.45. The third-order valence-electron chi connectivity index (χ3n) is 4.98. The molecule has 0 fully saturated rings. The lowest BCUT2D eigenvalue weighted by Crippen LogP contribution is -2.47. The number of thiophene rings is 1. The Morgan fingerprint density at radius 1 is 1.17 bits per heavy atom. The Morgan fingerprint density at radius 3 is 2.48 bits per heavy atom. The van der Waals surface area contributed by atoms with Crippen molar-refractivity contribution in [3.05, 3.63) is 16.0 Å². The highest BCUT2D eigenvalue weighted by Crippen LogP contribution is 2.38. The van der Waals surface area contributed by atoms with Gasteiger partial charge in [0.2, 0.25) is 5.91 Å². The molecule has 2 rings (SSSR count). The quantitative estimate of drug-likeness (QED) is 0.620. The summed E-state index contributed by atoms with van der Waals surface area (Å²) in [5.74, 6) is -2.18. The summed E-state index contributed by atoms with van der Waals surface area (Å²) in [6, 6.07) is -0.806. The largest absolute Gasteiger partial charge is 0.467 e. The Bertz CT molecular complexity index is 788. The molecule has 0 unspecified atom stereocenters. The fraction of sp³-hybridized carbons (Fsp3) is 0.600. The first kappa shape index (κ1) is 22.9. The van der Waals surface area contributed by atoms with Crippen LogP contribution in [0, 0.1) is 5.92 Å². The summed E-state index contributed by atoms with van der Waals surface area (Å²) in [6.07, 6.45) is 4.26. The molecule has 9 heteroatoms. The van der Waals surface area contributed by atoms with E-state index in [-0.39, 0.29) is 11.8 Å². The second-order valence-electron chi connectivity index (χ2n) is 7.13. The first-order valence-electron chi connectivity index (χ1n) is 9.74. The van der Waals surface area contributed by atoms with Gasteiger partial charge in [-0.05, 0) is 37.2 Å². The fourth-order valence-electron chi connectivity index (χ4n) is 3.24. The SMILES string of the molecule is CC[C@H](C)[C@H](NC(=O)COC(=O)c1c(NC(C)=O)sc2c1CCCC2)C(=O)OC. The minimum absolute atomic E-state index is 0.127. The maximum Gasteiger partial charge on any atom is 0.341 e. The molecule has 0 aliphatic heterocycles. The lowest BCUT2D eigenvalue weighted by atomic mass is 9.95. The Kier molecular flexibility index (Phi) is 8.19. The molecule has 0 bridgehead atoms. The number of amides is 2. The number of esters is 2. The van der Waals surface area contributed by atoms with Crippen LogP contribution < -0.4 is 10.6 Å². The van der Waals surface area contributed by atoms with E-state index in [1.54, 1.807) is 0 Å². The normalized spacial score (nSPS) is 14.9. The van der Waals surface area contributed by atoms with Crippen molar-refractivity contribution in [1.82, 2.24) is 5.32 Å². The van der Waals surface area contributed by atoms with Gasteiger partial charge in [-0.2, -0.15) is 0 Å². The van der Waals surface area contributed by atoms with Crippen LogP contribution in [-0.2, 0) is 36.7 Å². The van der Waals surface area contributed by atoms with Gasteiger partial charge in [-0.15, -0.1) is 11.3 Å². The third-order valence-corrected chi connectivity index (χ3v) is 6.19. The van der Waals surface area contributed by atoms with E-state index in [1.165, 1.54) is 25.4 Å². The molecule has 8 nitrogen and oxygen atoms in total. The lowest BCUT2D eigenvalue weighted by molar-refractivity contribution is -0.147. The zero-order valence-corrected chi connectivity index (χ0v) is 18.1. The molecule has 1 aromatic heterocycles. The van der Waals surface area contributed by atoms with Crippen LogP contribution in [0.5, 0.6) is 0 Å². The predicted molar refractivity (Wildman–Crippen MR) is 109 cm³/mol. The van der Waals surface area contributed by atoms with Crippen molar-refractivity contribution in [1.29, 1.82) is 0 Å². The van der Waals surface area contributed by atoms with Crippen molar-refractivity contribution >= 4 is 40.1 Å². The van der Waals surface area contributed by atoms with Crippen molar-refractivity contribution in [2.45, 2.75) is 58.9 Å². The number of carbonyl (C=O) groups is 4. The molecule has 0 saturated heterocycles. The van der Waals surface area contributed by atoms with Crippen LogP contribution in [-0.4, -0.2) is 43.5 Å². The molecule has 2 atom stereocenters. The molecule has 1 aromatic rings. The van der Waals surface area contributed by atoms with E-state index in [2.05, 4.69) is 10.6 Å². The Labute approximate surface area is 174 Å². The number of hydrogen-bond donors (Lipinski definition) is 2. The average Bonchev–Trinajstić information content (AvgIpc) is 3.06. The van der Waals surface area contributed by atoms with Crippen LogP contribution in [0.1, 0.15) is 60.8 Å². The zero-order chi connectivity index (χ0) is 21.6. The van der Waals surface area contributed by atoms with Gasteiger partial charge in [0.15, 0.2) is 6.61 Å². The van der Waals surface area contributed by atoms with Gasteiger partial charge < -0.3 is 20.1 Å². The number of ether oxygens (including phenoxy) is 2. The van der Waals surface area contributed by atoms with Gasteiger partial charge in [0.1, 0.15) is 11.0 Å². The molecule has 1 aliphatic rings. The number of fused-ring (bicyclic) bond motifs is 1. The van der Waals surface area contributed by atoms with E-state index < -0.39 is 30.5 Å². The Morgan fingerprint density at radius 2 is 1.86 bits per heavy atom. The number of carbonyl (C=O) groups excluding carboxylic acids is 4. The third kappa shape index (κ3) is 5.79. The summed E-state index contributed by atoms with van der Waals surface area (Å²) in [6.45, 7) is 4.58. The van der Waals surface area contributed by atoms with Crippen LogP contribution in [0.15, 0.2) is 0 Å². The van der Waals surface area contributed by atoms with Crippen LogP contribution in [0.25, 0.3) is 0 Å². The molecule has 0 aromatic carbocycles. The maximum atomic E-state index is 12.7. The minimum atomic E-state index is -0.806.